The lowest BCUT2D eigenvalue weighted by molar-refractivity contribution is -0.149. The molecule has 0 saturated carbocycles. The van der Waals surface area contributed by atoms with Gasteiger partial charge in [-0.3, -0.25) is 19.1 Å². The zero-order chi connectivity index (χ0) is 15.1. The van der Waals surface area contributed by atoms with E-state index in [9.17, 15) is 32.7 Å². The Balaban J connectivity index is 2.55. The number of aliphatic hydroxyl groups excluding tert-OH is 1. The van der Waals surface area contributed by atoms with Crippen LogP contribution in [0.5, 0.6) is 0 Å². The molecule has 0 aliphatic carbocycles. The molecule has 0 spiro atoms. The number of carbonyl (C=O) groups excluding carboxylic acids is 1. The van der Waals surface area contributed by atoms with Crippen LogP contribution in [0.3, 0.4) is 0 Å². The Kier molecular flexibility index (Phi) is 3.30. The van der Waals surface area contributed by atoms with Gasteiger partial charge in [0.15, 0.2) is 18.0 Å². The molecule has 0 aromatic carbocycles. The number of alkyl halides is 3. The third-order valence-corrected chi connectivity index (χ3v) is 3.00. The highest BCUT2D eigenvalue weighted by Crippen LogP contribution is 2.46. The Morgan fingerprint density at radius 1 is 1.50 bits per heavy atom. The summed E-state index contributed by atoms with van der Waals surface area (Å²) in [6.07, 6.45) is -4.75. The van der Waals surface area contributed by atoms with Crippen molar-refractivity contribution in [2.24, 2.45) is 0 Å². The SMILES string of the molecule is O=C[C@@]1(CF)O[C@@H](n2ccc(=O)[nH]c2=O)C(F)(F)[C@@H]1O. The molecule has 110 valence electrons. The first kappa shape index (κ1) is 14.5. The minimum atomic E-state index is -4.10. The quantitative estimate of drug-likeness (QED) is 0.694. The van der Waals surface area contributed by atoms with Crippen molar-refractivity contribution in [3.8, 4) is 0 Å². The summed E-state index contributed by atoms with van der Waals surface area (Å²) in [7, 11) is 0. The first-order valence-corrected chi connectivity index (χ1v) is 5.36. The van der Waals surface area contributed by atoms with Gasteiger partial charge in [0.1, 0.15) is 6.67 Å². The molecule has 0 unspecified atom stereocenters. The second-order valence-corrected chi connectivity index (χ2v) is 4.27. The van der Waals surface area contributed by atoms with Crippen LogP contribution in [0.15, 0.2) is 21.9 Å². The zero-order valence-electron chi connectivity index (χ0n) is 9.76. The molecule has 2 N–H and O–H groups in total. The number of rotatable bonds is 3. The van der Waals surface area contributed by atoms with Crippen LogP contribution < -0.4 is 11.2 Å². The molecular formula is C10H9F3N2O5. The minimum Gasteiger partial charge on any atom is -0.383 e. The van der Waals surface area contributed by atoms with Gasteiger partial charge < -0.3 is 9.84 Å². The number of H-pyrrole nitrogens is 1. The van der Waals surface area contributed by atoms with Gasteiger partial charge in [-0.25, -0.2) is 9.18 Å². The van der Waals surface area contributed by atoms with E-state index in [2.05, 4.69) is 4.74 Å². The lowest BCUT2D eigenvalue weighted by Gasteiger charge is -2.21. The maximum Gasteiger partial charge on any atom is 0.330 e. The first-order chi connectivity index (χ1) is 9.28. The maximum atomic E-state index is 13.9. The van der Waals surface area contributed by atoms with Gasteiger partial charge in [0.2, 0.25) is 6.23 Å². The van der Waals surface area contributed by atoms with Gasteiger partial charge in [-0.15, -0.1) is 0 Å². The van der Waals surface area contributed by atoms with Crippen LogP contribution in [0.1, 0.15) is 6.23 Å². The number of ether oxygens (including phenoxy) is 1. The van der Waals surface area contributed by atoms with Crippen LogP contribution in [0.4, 0.5) is 13.2 Å². The van der Waals surface area contributed by atoms with Crippen LogP contribution in [0.25, 0.3) is 0 Å². The van der Waals surface area contributed by atoms with Crippen molar-refractivity contribution in [3.63, 3.8) is 0 Å². The number of nitrogens with zero attached hydrogens (tertiary/aromatic N) is 1. The predicted octanol–water partition coefficient (Wildman–Crippen LogP) is -1.03. The second-order valence-electron chi connectivity index (χ2n) is 4.27. The fourth-order valence-electron chi connectivity index (χ4n) is 1.89. The summed E-state index contributed by atoms with van der Waals surface area (Å²) in [5, 5.41) is 9.41. The number of aliphatic hydroxyl groups is 1. The smallest absolute Gasteiger partial charge is 0.330 e. The lowest BCUT2D eigenvalue weighted by atomic mass is 9.98. The average molecular weight is 294 g/mol. The van der Waals surface area contributed by atoms with E-state index in [0.717, 1.165) is 6.07 Å². The summed E-state index contributed by atoms with van der Waals surface area (Å²) in [6.45, 7) is -1.69. The molecule has 20 heavy (non-hydrogen) atoms. The second kappa shape index (κ2) is 4.56. The lowest BCUT2D eigenvalue weighted by Crippen LogP contribution is -2.49. The van der Waals surface area contributed by atoms with E-state index in [-0.39, 0.29) is 10.9 Å². The summed E-state index contributed by atoms with van der Waals surface area (Å²) >= 11 is 0. The predicted molar refractivity (Wildman–Crippen MR) is 57.2 cm³/mol. The van der Waals surface area contributed by atoms with Crippen molar-refractivity contribution in [2.45, 2.75) is 23.9 Å². The largest absolute Gasteiger partial charge is 0.383 e. The van der Waals surface area contributed by atoms with Crippen LogP contribution in [0.2, 0.25) is 0 Å². The zero-order valence-corrected chi connectivity index (χ0v) is 9.76. The van der Waals surface area contributed by atoms with Crippen LogP contribution in [-0.4, -0.2) is 45.2 Å². The molecule has 0 radical (unpaired) electrons. The van der Waals surface area contributed by atoms with Gasteiger partial charge in [-0.05, 0) is 0 Å². The van der Waals surface area contributed by atoms with Gasteiger partial charge in [0, 0.05) is 12.3 Å². The number of hydrogen-bond donors (Lipinski definition) is 2. The Hall–Kier alpha value is -1.94. The van der Waals surface area contributed by atoms with Crippen LogP contribution in [0, 0.1) is 0 Å². The summed E-state index contributed by atoms with van der Waals surface area (Å²) in [5.74, 6) is -4.10. The van der Waals surface area contributed by atoms with Crippen LogP contribution >= 0.6 is 0 Å². The maximum absolute atomic E-state index is 13.9. The Bertz CT molecular complexity index is 642. The molecule has 3 atom stereocenters. The Morgan fingerprint density at radius 2 is 2.15 bits per heavy atom. The standard InChI is InChI=1S/C10H9F3N2O5/c11-3-9(4-16)6(18)10(12,13)7(20-9)15-2-1-5(17)14-8(15)19/h1-2,4,6-7,18H,3H2,(H,14,17,19)/t6-,7-,9-/m1/s1. The number of aromatic nitrogens is 2. The van der Waals surface area contributed by atoms with Gasteiger partial charge in [-0.1, -0.05) is 0 Å². The van der Waals surface area contributed by atoms with Crippen molar-refractivity contribution in [3.05, 3.63) is 33.1 Å². The summed E-state index contributed by atoms with van der Waals surface area (Å²) in [5.41, 5.74) is -4.83. The molecule has 10 heteroatoms. The van der Waals surface area contributed by atoms with E-state index < -0.39 is 41.8 Å². The molecule has 7 nitrogen and oxygen atoms in total. The summed E-state index contributed by atoms with van der Waals surface area (Å²) in [6, 6.07) is 0.767. The summed E-state index contributed by atoms with van der Waals surface area (Å²) < 4.78 is 45.4. The van der Waals surface area contributed by atoms with Crippen molar-refractivity contribution in [1.82, 2.24) is 9.55 Å². The van der Waals surface area contributed by atoms with Crippen molar-refractivity contribution < 1.29 is 27.8 Å². The van der Waals surface area contributed by atoms with E-state index in [1.54, 1.807) is 4.98 Å². The molecule has 0 bridgehead atoms. The van der Waals surface area contributed by atoms with Crippen molar-refractivity contribution >= 4 is 6.29 Å². The number of nitrogens with one attached hydrogen (secondary N) is 1. The van der Waals surface area contributed by atoms with Gasteiger partial charge in [0.05, 0.1) is 0 Å². The fourth-order valence-corrected chi connectivity index (χ4v) is 1.89. The topological polar surface area (TPSA) is 101 Å². The van der Waals surface area contributed by atoms with Gasteiger partial charge in [-0.2, -0.15) is 8.78 Å². The molecule has 1 aliphatic heterocycles. The number of aldehydes is 1. The minimum absolute atomic E-state index is 0.269. The van der Waals surface area contributed by atoms with E-state index in [1.165, 1.54) is 0 Å². The average Bonchev–Trinajstić information content (AvgIpc) is 2.60. The molecule has 1 aliphatic rings. The molecular weight excluding hydrogens is 285 g/mol. The van der Waals surface area contributed by atoms with Crippen molar-refractivity contribution in [1.29, 1.82) is 0 Å². The first-order valence-electron chi connectivity index (χ1n) is 5.36. The normalized spacial score (nSPS) is 32.2. The summed E-state index contributed by atoms with van der Waals surface area (Å²) in [4.78, 5) is 34.8. The molecule has 1 saturated heterocycles. The number of carbonyl (C=O) groups is 1. The highest BCUT2D eigenvalue weighted by atomic mass is 19.3. The molecule has 1 aromatic heterocycles. The van der Waals surface area contributed by atoms with E-state index in [1.807, 2.05) is 0 Å². The highest BCUT2D eigenvalue weighted by molar-refractivity contribution is 5.65. The Morgan fingerprint density at radius 3 is 2.60 bits per heavy atom. The molecule has 2 heterocycles. The number of aromatic amines is 1. The number of hydrogen-bond acceptors (Lipinski definition) is 5. The molecule has 1 fully saturated rings. The molecule has 0 amide bonds. The van der Waals surface area contributed by atoms with Gasteiger partial charge in [0.25, 0.3) is 5.56 Å². The van der Waals surface area contributed by atoms with Crippen molar-refractivity contribution in [2.75, 3.05) is 6.67 Å². The third-order valence-electron chi connectivity index (χ3n) is 3.00. The molecule has 2 rings (SSSR count). The fraction of sp³-hybridized carbons (Fsp3) is 0.500. The van der Waals surface area contributed by atoms with Crippen LogP contribution in [-0.2, 0) is 9.53 Å². The third kappa shape index (κ3) is 1.88. The Labute approximate surface area is 108 Å². The molecule has 1 aromatic rings. The van der Waals surface area contributed by atoms with E-state index in [4.69, 9.17) is 0 Å². The van der Waals surface area contributed by atoms with E-state index >= 15 is 0 Å². The van der Waals surface area contributed by atoms with Gasteiger partial charge >= 0.3 is 11.6 Å². The van der Waals surface area contributed by atoms with E-state index in [0.29, 0.717) is 6.20 Å². The monoisotopic (exact) mass is 294 g/mol. The number of halogens is 3. The highest BCUT2D eigenvalue weighted by Gasteiger charge is 2.67.